The Morgan fingerprint density at radius 2 is 1.86 bits per heavy atom. The summed E-state index contributed by atoms with van der Waals surface area (Å²) in [5, 5.41) is 0. The third-order valence-corrected chi connectivity index (χ3v) is 4.54. The van der Waals surface area contributed by atoms with Gasteiger partial charge in [0.05, 0.1) is 12.8 Å². The number of methoxy groups -OCH3 is 3. The van der Waals surface area contributed by atoms with Gasteiger partial charge in [-0.3, -0.25) is 0 Å². The minimum atomic E-state index is -3.52. The average Bonchev–Trinajstić information content (AvgIpc) is 2.51. The van der Waals surface area contributed by atoms with E-state index in [1.807, 2.05) is 26.0 Å². The van der Waals surface area contributed by atoms with Crippen molar-refractivity contribution >= 4 is 10.0 Å². The Balaban J connectivity index is 2.75. The van der Waals surface area contributed by atoms with Gasteiger partial charge in [0.15, 0.2) is 6.29 Å². The van der Waals surface area contributed by atoms with E-state index in [1.165, 1.54) is 21.3 Å². The van der Waals surface area contributed by atoms with E-state index in [1.54, 1.807) is 6.07 Å². The van der Waals surface area contributed by atoms with Gasteiger partial charge in [-0.05, 0) is 6.07 Å². The zero-order valence-electron chi connectivity index (χ0n) is 13.6. The van der Waals surface area contributed by atoms with Crippen LogP contribution in [-0.4, -0.2) is 53.3 Å². The topological polar surface area (TPSA) is 86.8 Å². The maximum Gasteiger partial charge on any atom is 0.216 e. The van der Waals surface area contributed by atoms with Crippen molar-refractivity contribution in [1.29, 1.82) is 0 Å². The SMILES string of the molecule is COc1cccc(C(C)(C)CNS(=O)(=O)CC(OC)OC)n1. The summed E-state index contributed by atoms with van der Waals surface area (Å²) < 4.78 is 41.6. The fourth-order valence-corrected chi connectivity index (χ4v) is 3.09. The molecule has 0 atom stereocenters. The Bertz CT molecular complexity index is 570. The molecule has 8 heteroatoms. The smallest absolute Gasteiger partial charge is 0.216 e. The van der Waals surface area contributed by atoms with Crippen molar-refractivity contribution in [2.75, 3.05) is 33.6 Å². The highest BCUT2D eigenvalue weighted by Gasteiger charge is 2.26. The maximum atomic E-state index is 12.0. The molecule has 0 spiro atoms. The fraction of sp³-hybridized carbons (Fsp3) is 0.643. The van der Waals surface area contributed by atoms with Crippen LogP contribution in [0.15, 0.2) is 18.2 Å². The molecular formula is C14H24N2O5S. The minimum Gasteiger partial charge on any atom is -0.481 e. The number of sulfonamides is 1. The Hall–Kier alpha value is -1.22. The summed E-state index contributed by atoms with van der Waals surface area (Å²) in [5.41, 5.74) is 0.252. The Morgan fingerprint density at radius 3 is 2.41 bits per heavy atom. The molecule has 0 aliphatic heterocycles. The van der Waals surface area contributed by atoms with Crippen LogP contribution in [0.1, 0.15) is 19.5 Å². The van der Waals surface area contributed by atoms with E-state index in [2.05, 4.69) is 9.71 Å². The molecule has 1 rings (SSSR count). The number of hydrogen-bond acceptors (Lipinski definition) is 6. The summed E-state index contributed by atoms with van der Waals surface area (Å²) in [6.07, 6.45) is -0.796. The first-order valence-corrected chi connectivity index (χ1v) is 8.44. The molecule has 0 saturated carbocycles. The molecule has 0 fully saturated rings. The lowest BCUT2D eigenvalue weighted by atomic mass is 9.89. The molecule has 1 aromatic rings. The predicted octanol–water partition coefficient (Wildman–Crippen LogP) is 0.906. The third-order valence-electron chi connectivity index (χ3n) is 3.24. The molecule has 1 heterocycles. The van der Waals surface area contributed by atoms with Gasteiger partial charge in [0.25, 0.3) is 0 Å². The molecule has 126 valence electrons. The fourth-order valence-electron chi connectivity index (χ4n) is 1.76. The second kappa shape index (κ2) is 7.87. The van der Waals surface area contributed by atoms with Crippen LogP contribution < -0.4 is 9.46 Å². The molecule has 0 aliphatic rings. The van der Waals surface area contributed by atoms with Crippen LogP contribution in [0, 0.1) is 0 Å². The van der Waals surface area contributed by atoms with E-state index in [0.29, 0.717) is 5.88 Å². The molecule has 0 bridgehead atoms. The van der Waals surface area contributed by atoms with Crippen molar-refractivity contribution in [3.05, 3.63) is 23.9 Å². The largest absolute Gasteiger partial charge is 0.481 e. The maximum absolute atomic E-state index is 12.0. The number of nitrogens with one attached hydrogen (secondary N) is 1. The van der Waals surface area contributed by atoms with Gasteiger partial charge in [-0.2, -0.15) is 0 Å². The lowest BCUT2D eigenvalue weighted by molar-refractivity contribution is -0.0853. The lowest BCUT2D eigenvalue weighted by Gasteiger charge is -2.25. The van der Waals surface area contributed by atoms with E-state index in [9.17, 15) is 8.42 Å². The molecular weight excluding hydrogens is 308 g/mol. The zero-order valence-corrected chi connectivity index (χ0v) is 14.4. The van der Waals surface area contributed by atoms with E-state index < -0.39 is 21.7 Å². The van der Waals surface area contributed by atoms with Gasteiger partial charge in [0.2, 0.25) is 15.9 Å². The van der Waals surface area contributed by atoms with Crippen molar-refractivity contribution in [3.63, 3.8) is 0 Å². The van der Waals surface area contributed by atoms with Gasteiger partial charge in [-0.1, -0.05) is 19.9 Å². The standard InChI is InChI=1S/C14H24N2O5S/c1-14(2,11-7-6-8-12(16-11)19-3)10-15-22(17,18)9-13(20-4)21-5/h6-8,13,15H,9-10H2,1-5H3. The Morgan fingerprint density at radius 1 is 1.23 bits per heavy atom. The molecule has 0 amide bonds. The first kappa shape index (κ1) is 18.8. The van der Waals surface area contributed by atoms with E-state index in [4.69, 9.17) is 14.2 Å². The van der Waals surface area contributed by atoms with E-state index in [-0.39, 0.29) is 12.3 Å². The zero-order chi connectivity index (χ0) is 16.8. The molecule has 1 N–H and O–H groups in total. The van der Waals surface area contributed by atoms with Crippen molar-refractivity contribution in [1.82, 2.24) is 9.71 Å². The second-order valence-corrected chi connectivity index (χ2v) is 7.30. The summed E-state index contributed by atoms with van der Waals surface area (Å²) >= 11 is 0. The monoisotopic (exact) mass is 332 g/mol. The highest BCUT2D eigenvalue weighted by atomic mass is 32.2. The van der Waals surface area contributed by atoms with Crippen molar-refractivity contribution < 1.29 is 22.6 Å². The number of pyridine rings is 1. The molecule has 22 heavy (non-hydrogen) atoms. The lowest BCUT2D eigenvalue weighted by Crippen LogP contribution is -2.41. The van der Waals surface area contributed by atoms with Gasteiger partial charge in [0.1, 0.15) is 5.75 Å². The van der Waals surface area contributed by atoms with Crippen LogP contribution in [0.2, 0.25) is 0 Å². The molecule has 0 saturated heterocycles. The number of hydrogen-bond donors (Lipinski definition) is 1. The quantitative estimate of drug-likeness (QED) is 0.676. The molecule has 1 aromatic heterocycles. The average molecular weight is 332 g/mol. The van der Waals surface area contributed by atoms with Crippen LogP contribution in [-0.2, 0) is 24.9 Å². The summed E-state index contributed by atoms with van der Waals surface area (Å²) in [6, 6.07) is 5.40. The summed E-state index contributed by atoms with van der Waals surface area (Å²) in [7, 11) is 0.811. The van der Waals surface area contributed by atoms with Crippen LogP contribution >= 0.6 is 0 Å². The first-order valence-electron chi connectivity index (χ1n) is 6.78. The molecule has 0 aromatic carbocycles. The minimum absolute atomic E-state index is 0.204. The van der Waals surface area contributed by atoms with E-state index in [0.717, 1.165) is 5.69 Å². The second-order valence-electron chi connectivity index (χ2n) is 5.45. The normalized spacial score (nSPS) is 12.6. The molecule has 0 aliphatic carbocycles. The van der Waals surface area contributed by atoms with Crippen LogP contribution in [0.5, 0.6) is 5.88 Å². The van der Waals surface area contributed by atoms with E-state index >= 15 is 0 Å². The summed E-state index contributed by atoms with van der Waals surface area (Å²) in [4.78, 5) is 4.35. The molecule has 0 unspecified atom stereocenters. The first-order chi connectivity index (χ1) is 10.2. The van der Waals surface area contributed by atoms with Gasteiger partial charge < -0.3 is 14.2 Å². The van der Waals surface area contributed by atoms with Crippen molar-refractivity contribution in [2.45, 2.75) is 25.6 Å². The summed E-state index contributed by atoms with van der Waals surface area (Å²) in [6.45, 7) is 4.01. The number of nitrogens with zero attached hydrogens (tertiary/aromatic N) is 1. The number of ether oxygens (including phenoxy) is 3. The molecule has 0 radical (unpaired) electrons. The Labute approximate surface area is 132 Å². The predicted molar refractivity (Wildman–Crippen MR) is 83.4 cm³/mol. The van der Waals surface area contributed by atoms with Gasteiger partial charge in [-0.25, -0.2) is 18.1 Å². The van der Waals surface area contributed by atoms with Crippen LogP contribution in [0.4, 0.5) is 0 Å². The van der Waals surface area contributed by atoms with Gasteiger partial charge >= 0.3 is 0 Å². The van der Waals surface area contributed by atoms with Crippen molar-refractivity contribution in [2.24, 2.45) is 0 Å². The highest BCUT2D eigenvalue weighted by Crippen LogP contribution is 2.22. The van der Waals surface area contributed by atoms with Gasteiger partial charge in [0, 0.05) is 32.2 Å². The highest BCUT2D eigenvalue weighted by molar-refractivity contribution is 7.89. The molecule has 7 nitrogen and oxygen atoms in total. The van der Waals surface area contributed by atoms with Crippen LogP contribution in [0.3, 0.4) is 0 Å². The van der Waals surface area contributed by atoms with Crippen LogP contribution in [0.25, 0.3) is 0 Å². The van der Waals surface area contributed by atoms with Gasteiger partial charge in [-0.15, -0.1) is 0 Å². The number of rotatable bonds is 9. The van der Waals surface area contributed by atoms with Crippen molar-refractivity contribution in [3.8, 4) is 5.88 Å². The number of aromatic nitrogens is 1. The third kappa shape index (κ3) is 5.53. The summed E-state index contributed by atoms with van der Waals surface area (Å²) in [5.74, 6) is 0.231. The Kier molecular flexibility index (Phi) is 6.73.